The van der Waals surface area contributed by atoms with Crippen molar-refractivity contribution in [3.05, 3.63) is 69.3 Å². The van der Waals surface area contributed by atoms with E-state index in [4.69, 9.17) is 0 Å². The van der Waals surface area contributed by atoms with Crippen LogP contribution in [0.25, 0.3) is 0 Å². The highest BCUT2D eigenvalue weighted by Crippen LogP contribution is 2.19. The van der Waals surface area contributed by atoms with E-state index >= 15 is 0 Å². The van der Waals surface area contributed by atoms with Crippen molar-refractivity contribution in [2.45, 2.75) is 20.3 Å². The second-order valence-corrected chi connectivity index (χ2v) is 6.11. The Bertz CT molecular complexity index is 848. The fourth-order valence-corrected chi connectivity index (χ4v) is 2.52. The molecule has 0 bridgehead atoms. The number of benzene rings is 2. The summed E-state index contributed by atoms with van der Waals surface area (Å²) in [5, 5.41) is 13.8. The standard InChI is InChI=1S/C19H21N3O4/c1-13-7-6-9-16(14(13)2)20-18(23)12-21(3)19(24)11-15-8-4-5-10-17(15)22(25)26/h4-10H,11-12H2,1-3H3,(H,20,23). The largest absolute Gasteiger partial charge is 0.336 e. The molecule has 2 amide bonds. The number of nitro benzene ring substituents is 1. The number of nitrogens with one attached hydrogen (secondary N) is 1. The van der Waals surface area contributed by atoms with Gasteiger partial charge in [-0.1, -0.05) is 30.3 Å². The summed E-state index contributed by atoms with van der Waals surface area (Å²) in [5.74, 6) is -0.687. The van der Waals surface area contributed by atoms with E-state index in [2.05, 4.69) is 5.32 Å². The van der Waals surface area contributed by atoms with Crippen molar-refractivity contribution in [2.75, 3.05) is 18.9 Å². The van der Waals surface area contributed by atoms with Crippen molar-refractivity contribution in [2.24, 2.45) is 0 Å². The topological polar surface area (TPSA) is 92.6 Å². The fraction of sp³-hybridized carbons (Fsp3) is 0.263. The Balaban J connectivity index is 2.00. The number of aryl methyl sites for hydroxylation is 1. The summed E-state index contributed by atoms with van der Waals surface area (Å²) in [6.45, 7) is 3.73. The molecule has 136 valence electrons. The maximum absolute atomic E-state index is 12.3. The molecule has 7 nitrogen and oxygen atoms in total. The van der Waals surface area contributed by atoms with Gasteiger partial charge in [-0.15, -0.1) is 0 Å². The van der Waals surface area contributed by atoms with Crippen molar-refractivity contribution in [1.29, 1.82) is 0 Å². The summed E-state index contributed by atoms with van der Waals surface area (Å²) in [4.78, 5) is 36.3. The quantitative estimate of drug-likeness (QED) is 0.637. The van der Waals surface area contributed by atoms with Gasteiger partial charge in [0.2, 0.25) is 11.8 Å². The first-order valence-corrected chi connectivity index (χ1v) is 8.12. The van der Waals surface area contributed by atoms with Gasteiger partial charge in [0.25, 0.3) is 5.69 Å². The van der Waals surface area contributed by atoms with Gasteiger partial charge in [-0.2, -0.15) is 0 Å². The van der Waals surface area contributed by atoms with Crippen molar-refractivity contribution in [1.82, 2.24) is 4.90 Å². The van der Waals surface area contributed by atoms with Crippen LogP contribution in [0.1, 0.15) is 16.7 Å². The van der Waals surface area contributed by atoms with Gasteiger partial charge in [0.15, 0.2) is 0 Å². The zero-order valence-corrected chi connectivity index (χ0v) is 15.0. The number of hydrogen-bond donors (Lipinski definition) is 1. The number of amides is 2. The number of nitro groups is 1. The lowest BCUT2D eigenvalue weighted by Crippen LogP contribution is -2.36. The molecule has 26 heavy (non-hydrogen) atoms. The third-order valence-electron chi connectivity index (χ3n) is 4.22. The molecule has 2 aromatic rings. The number of nitrogens with zero attached hydrogens (tertiary/aromatic N) is 2. The van der Waals surface area contributed by atoms with Gasteiger partial charge in [0, 0.05) is 24.4 Å². The van der Waals surface area contributed by atoms with Crippen molar-refractivity contribution in [3.63, 3.8) is 0 Å². The Morgan fingerprint density at radius 1 is 1.12 bits per heavy atom. The molecule has 0 radical (unpaired) electrons. The van der Waals surface area contributed by atoms with Crippen LogP contribution >= 0.6 is 0 Å². The van der Waals surface area contributed by atoms with Crippen molar-refractivity contribution >= 4 is 23.2 Å². The van der Waals surface area contributed by atoms with E-state index < -0.39 is 4.92 Å². The lowest BCUT2D eigenvalue weighted by molar-refractivity contribution is -0.385. The zero-order valence-electron chi connectivity index (χ0n) is 15.0. The van der Waals surface area contributed by atoms with Crippen LogP contribution < -0.4 is 5.32 Å². The number of carbonyl (C=O) groups excluding carboxylic acids is 2. The molecule has 0 aliphatic rings. The van der Waals surface area contributed by atoms with E-state index in [9.17, 15) is 19.7 Å². The first kappa shape index (κ1) is 19.1. The lowest BCUT2D eigenvalue weighted by Gasteiger charge is -2.18. The van der Waals surface area contributed by atoms with E-state index in [1.807, 2.05) is 26.0 Å². The highest BCUT2D eigenvalue weighted by Gasteiger charge is 2.19. The van der Waals surface area contributed by atoms with Crippen LogP contribution in [-0.2, 0) is 16.0 Å². The first-order chi connectivity index (χ1) is 12.3. The van der Waals surface area contributed by atoms with E-state index in [-0.39, 0.29) is 30.5 Å². The average molecular weight is 355 g/mol. The number of rotatable bonds is 6. The molecule has 0 aliphatic carbocycles. The molecule has 7 heteroatoms. The Morgan fingerprint density at radius 2 is 1.81 bits per heavy atom. The molecule has 0 atom stereocenters. The number of carbonyl (C=O) groups is 2. The van der Waals surface area contributed by atoms with Crippen LogP contribution in [-0.4, -0.2) is 35.2 Å². The van der Waals surface area contributed by atoms with Gasteiger partial charge in [0.05, 0.1) is 17.9 Å². The Labute approximate surface area is 151 Å². The maximum atomic E-state index is 12.3. The first-order valence-electron chi connectivity index (χ1n) is 8.12. The highest BCUT2D eigenvalue weighted by molar-refractivity contribution is 5.95. The lowest BCUT2D eigenvalue weighted by atomic mass is 10.1. The normalized spacial score (nSPS) is 10.3. The van der Waals surface area contributed by atoms with Gasteiger partial charge in [-0.25, -0.2) is 0 Å². The third-order valence-corrected chi connectivity index (χ3v) is 4.22. The number of hydrogen-bond acceptors (Lipinski definition) is 4. The number of anilines is 1. The van der Waals surface area contributed by atoms with Crippen LogP contribution in [0, 0.1) is 24.0 Å². The van der Waals surface area contributed by atoms with Crippen molar-refractivity contribution < 1.29 is 14.5 Å². The van der Waals surface area contributed by atoms with Crippen LogP contribution in [0.2, 0.25) is 0 Å². The molecule has 0 aliphatic heterocycles. The van der Waals surface area contributed by atoms with E-state index in [1.54, 1.807) is 24.3 Å². The predicted octanol–water partition coefficient (Wildman–Crippen LogP) is 2.85. The summed E-state index contributed by atoms with van der Waals surface area (Å²) < 4.78 is 0. The summed E-state index contributed by atoms with van der Waals surface area (Å²) >= 11 is 0. The summed E-state index contributed by atoms with van der Waals surface area (Å²) in [5.41, 5.74) is 2.95. The zero-order chi connectivity index (χ0) is 19.3. The van der Waals surface area contributed by atoms with E-state index in [0.29, 0.717) is 11.3 Å². The predicted molar refractivity (Wildman–Crippen MR) is 99.0 cm³/mol. The van der Waals surface area contributed by atoms with Crippen molar-refractivity contribution in [3.8, 4) is 0 Å². The molecule has 1 N–H and O–H groups in total. The van der Waals surface area contributed by atoms with Crippen LogP contribution in [0.5, 0.6) is 0 Å². The smallest absolute Gasteiger partial charge is 0.273 e. The molecule has 0 aromatic heterocycles. The summed E-state index contributed by atoms with van der Waals surface area (Å²) in [6.07, 6.45) is -0.135. The minimum atomic E-state index is -0.518. The number of likely N-dealkylation sites (N-methyl/N-ethyl adjacent to an activating group) is 1. The van der Waals surface area contributed by atoms with Crippen LogP contribution in [0.3, 0.4) is 0 Å². The highest BCUT2D eigenvalue weighted by atomic mass is 16.6. The molecule has 2 rings (SSSR count). The average Bonchev–Trinajstić information content (AvgIpc) is 2.59. The van der Waals surface area contributed by atoms with Gasteiger partial charge in [0.1, 0.15) is 0 Å². The van der Waals surface area contributed by atoms with Gasteiger partial charge >= 0.3 is 0 Å². The minimum Gasteiger partial charge on any atom is -0.336 e. The Kier molecular flexibility index (Phi) is 6.06. The maximum Gasteiger partial charge on any atom is 0.273 e. The van der Waals surface area contributed by atoms with Gasteiger partial charge < -0.3 is 10.2 Å². The minimum absolute atomic E-state index is 0.103. The molecule has 0 spiro atoms. The van der Waals surface area contributed by atoms with Crippen LogP contribution in [0.15, 0.2) is 42.5 Å². The molecule has 0 saturated carbocycles. The third kappa shape index (κ3) is 4.66. The van der Waals surface area contributed by atoms with E-state index in [0.717, 1.165) is 11.1 Å². The molecule has 2 aromatic carbocycles. The molecule has 0 fully saturated rings. The summed E-state index contributed by atoms with van der Waals surface area (Å²) in [6, 6.07) is 11.7. The molecular weight excluding hydrogens is 334 g/mol. The molecule has 0 saturated heterocycles. The molecule has 0 unspecified atom stereocenters. The monoisotopic (exact) mass is 355 g/mol. The van der Waals surface area contributed by atoms with Crippen LogP contribution in [0.4, 0.5) is 11.4 Å². The Morgan fingerprint density at radius 3 is 2.50 bits per heavy atom. The molecule has 0 heterocycles. The second kappa shape index (κ2) is 8.24. The van der Waals surface area contributed by atoms with E-state index in [1.165, 1.54) is 18.0 Å². The summed E-state index contributed by atoms with van der Waals surface area (Å²) in [7, 11) is 1.50. The van der Waals surface area contributed by atoms with Gasteiger partial charge in [-0.05, 0) is 31.0 Å². The fourth-order valence-electron chi connectivity index (χ4n) is 2.52. The SMILES string of the molecule is Cc1cccc(NC(=O)CN(C)C(=O)Cc2ccccc2[N+](=O)[O-])c1C. The Hall–Kier alpha value is -3.22. The van der Waals surface area contributed by atoms with Gasteiger partial charge in [-0.3, -0.25) is 19.7 Å². The number of para-hydroxylation sites is 1. The molecular formula is C19H21N3O4. The second-order valence-electron chi connectivity index (χ2n) is 6.11.